The number of hydrogen-bond donors (Lipinski definition) is 1. The Hall–Kier alpha value is -0.970. The van der Waals surface area contributed by atoms with Gasteiger partial charge in [0.1, 0.15) is 12.4 Å². The summed E-state index contributed by atoms with van der Waals surface area (Å²) in [4.78, 5) is 0. The summed E-state index contributed by atoms with van der Waals surface area (Å²) in [6.07, 6.45) is 0. The maximum Gasteiger partial charge on any atom is 0.121 e. The van der Waals surface area contributed by atoms with E-state index in [1.165, 1.54) is 0 Å². The minimum absolute atomic E-state index is 0.499. The molecular formula is C12H18ClNO3. The van der Waals surface area contributed by atoms with Gasteiger partial charge in [0.25, 0.3) is 0 Å². The van der Waals surface area contributed by atoms with Crippen molar-refractivity contribution in [3.63, 3.8) is 0 Å². The molecule has 0 aliphatic carbocycles. The van der Waals surface area contributed by atoms with Crippen LogP contribution in [0.1, 0.15) is 0 Å². The van der Waals surface area contributed by atoms with Crippen LogP contribution in [-0.2, 0) is 9.47 Å². The molecule has 0 atom stereocenters. The van der Waals surface area contributed by atoms with Crippen LogP contribution in [-0.4, -0.2) is 38.9 Å². The first kappa shape index (κ1) is 14.1. The highest BCUT2D eigenvalue weighted by Crippen LogP contribution is 2.13. The van der Waals surface area contributed by atoms with Crippen molar-refractivity contribution in [2.45, 2.75) is 0 Å². The van der Waals surface area contributed by atoms with E-state index in [2.05, 4.69) is 0 Å². The third kappa shape index (κ3) is 7.05. The second-order valence-electron chi connectivity index (χ2n) is 3.33. The Bertz CT molecular complexity index is 310. The second-order valence-corrected chi connectivity index (χ2v) is 3.71. The Balaban J connectivity index is 1.97. The monoisotopic (exact) mass is 259 g/mol. The van der Waals surface area contributed by atoms with E-state index in [0.717, 1.165) is 5.75 Å². The second kappa shape index (κ2) is 9.10. The van der Waals surface area contributed by atoms with Crippen LogP contribution >= 0.6 is 11.6 Å². The number of ether oxygens (including phenoxy) is 3. The topological polar surface area (TPSA) is 53.7 Å². The van der Waals surface area contributed by atoms with Crippen LogP contribution in [0.15, 0.2) is 24.3 Å². The SMILES string of the molecule is Nc1cccc(OCCOCCOCCCl)c1. The van der Waals surface area contributed by atoms with Crippen molar-refractivity contribution in [3.05, 3.63) is 24.3 Å². The summed E-state index contributed by atoms with van der Waals surface area (Å²) in [5.74, 6) is 1.27. The lowest BCUT2D eigenvalue weighted by Gasteiger charge is -2.07. The fourth-order valence-electron chi connectivity index (χ4n) is 1.20. The van der Waals surface area contributed by atoms with Crippen molar-refractivity contribution >= 4 is 17.3 Å². The normalized spacial score (nSPS) is 10.4. The molecule has 0 bridgehead atoms. The third-order valence-electron chi connectivity index (χ3n) is 1.95. The van der Waals surface area contributed by atoms with Gasteiger partial charge in [-0.25, -0.2) is 0 Å². The van der Waals surface area contributed by atoms with Crippen LogP contribution in [0.4, 0.5) is 5.69 Å². The molecule has 1 aromatic rings. The molecular weight excluding hydrogens is 242 g/mol. The van der Waals surface area contributed by atoms with Gasteiger partial charge in [0.2, 0.25) is 0 Å². The Morgan fingerprint density at radius 1 is 1.00 bits per heavy atom. The van der Waals surface area contributed by atoms with E-state index in [4.69, 9.17) is 31.5 Å². The van der Waals surface area contributed by atoms with Gasteiger partial charge in [0, 0.05) is 17.6 Å². The molecule has 5 heteroatoms. The Morgan fingerprint density at radius 3 is 2.41 bits per heavy atom. The standard InChI is InChI=1S/C12H18ClNO3/c13-4-5-15-6-7-16-8-9-17-12-3-1-2-11(14)10-12/h1-3,10H,4-9,14H2. The van der Waals surface area contributed by atoms with Gasteiger partial charge in [-0.1, -0.05) is 6.07 Å². The molecule has 4 nitrogen and oxygen atoms in total. The molecule has 0 saturated carbocycles. The average Bonchev–Trinajstić information content (AvgIpc) is 2.33. The number of nitrogen functional groups attached to an aromatic ring is 1. The van der Waals surface area contributed by atoms with Crippen molar-refractivity contribution in [3.8, 4) is 5.75 Å². The van der Waals surface area contributed by atoms with E-state index < -0.39 is 0 Å². The molecule has 0 saturated heterocycles. The minimum Gasteiger partial charge on any atom is -0.491 e. The number of hydrogen-bond acceptors (Lipinski definition) is 4. The fraction of sp³-hybridized carbons (Fsp3) is 0.500. The van der Waals surface area contributed by atoms with E-state index in [0.29, 0.717) is 44.6 Å². The van der Waals surface area contributed by atoms with Crippen molar-refractivity contribution in [1.82, 2.24) is 0 Å². The van der Waals surface area contributed by atoms with E-state index >= 15 is 0 Å². The zero-order valence-corrected chi connectivity index (χ0v) is 10.5. The molecule has 1 aromatic carbocycles. The molecule has 0 radical (unpaired) electrons. The molecule has 1 rings (SSSR count). The number of benzene rings is 1. The summed E-state index contributed by atoms with van der Waals surface area (Å²) >= 11 is 5.45. The van der Waals surface area contributed by atoms with Gasteiger partial charge in [0.05, 0.1) is 26.4 Å². The van der Waals surface area contributed by atoms with Gasteiger partial charge >= 0.3 is 0 Å². The maximum absolute atomic E-state index is 5.62. The number of rotatable bonds is 9. The number of alkyl halides is 1. The molecule has 0 spiro atoms. The molecule has 96 valence electrons. The van der Waals surface area contributed by atoms with Crippen LogP contribution in [0, 0.1) is 0 Å². The lowest BCUT2D eigenvalue weighted by atomic mass is 10.3. The Labute approximate surface area is 107 Å². The largest absolute Gasteiger partial charge is 0.491 e. The quantitative estimate of drug-likeness (QED) is 0.418. The summed E-state index contributed by atoms with van der Waals surface area (Å²) in [5.41, 5.74) is 6.31. The predicted molar refractivity (Wildman–Crippen MR) is 68.7 cm³/mol. The first-order valence-corrected chi connectivity index (χ1v) is 6.06. The number of nitrogens with two attached hydrogens (primary N) is 1. The zero-order chi connectivity index (χ0) is 12.3. The summed E-state index contributed by atoms with van der Waals surface area (Å²) in [6, 6.07) is 7.31. The van der Waals surface area contributed by atoms with Crippen molar-refractivity contribution < 1.29 is 14.2 Å². The number of halogens is 1. The van der Waals surface area contributed by atoms with Crippen molar-refractivity contribution in [2.24, 2.45) is 0 Å². The molecule has 2 N–H and O–H groups in total. The van der Waals surface area contributed by atoms with Crippen molar-refractivity contribution in [2.75, 3.05) is 44.6 Å². The van der Waals surface area contributed by atoms with Crippen LogP contribution in [0.25, 0.3) is 0 Å². The smallest absolute Gasteiger partial charge is 0.121 e. The zero-order valence-electron chi connectivity index (χ0n) is 9.73. The average molecular weight is 260 g/mol. The lowest BCUT2D eigenvalue weighted by Crippen LogP contribution is -2.11. The van der Waals surface area contributed by atoms with Gasteiger partial charge in [-0.2, -0.15) is 0 Å². The van der Waals surface area contributed by atoms with E-state index in [9.17, 15) is 0 Å². The Morgan fingerprint density at radius 2 is 1.71 bits per heavy atom. The molecule has 0 amide bonds. The summed E-state index contributed by atoms with van der Waals surface area (Å²) in [5, 5.41) is 0. The van der Waals surface area contributed by atoms with Crippen LogP contribution in [0.3, 0.4) is 0 Å². The lowest BCUT2D eigenvalue weighted by molar-refractivity contribution is 0.0410. The van der Waals surface area contributed by atoms with Crippen LogP contribution in [0.2, 0.25) is 0 Å². The first-order valence-electron chi connectivity index (χ1n) is 5.52. The highest BCUT2D eigenvalue weighted by atomic mass is 35.5. The molecule has 0 heterocycles. The highest BCUT2D eigenvalue weighted by molar-refractivity contribution is 6.17. The summed E-state index contributed by atoms with van der Waals surface area (Å²) in [6.45, 7) is 2.70. The van der Waals surface area contributed by atoms with Gasteiger partial charge in [0.15, 0.2) is 0 Å². The number of anilines is 1. The fourth-order valence-corrected chi connectivity index (χ4v) is 1.31. The maximum atomic E-state index is 5.62. The van der Waals surface area contributed by atoms with Gasteiger partial charge in [-0.05, 0) is 12.1 Å². The van der Waals surface area contributed by atoms with Crippen LogP contribution in [0.5, 0.6) is 5.75 Å². The van der Waals surface area contributed by atoms with E-state index in [-0.39, 0.29) is 0 Å². The van der Waals surface area contributed by atoms with E-state index in [1.807, 2.05) is 18.2 Å². The Kier molecular flexibility index (Phi) is 7.54. The molecule has 0 aromatic heterocycles. The minimum atomic E-state index is 0.499. The first-order chi connectivity index (χ1) is 8.33. The molecule has 0 fully saturated rings. The molecule has 0 aliphatic rings. The molecule has 0 aliphatic heterocycles. The van der Waals surface area contributed by atoms with Gasteiger partial charge in [-0.15, -0.1) is 11.6 Å². The third-order valence-corrected chi connectivity index (χ3v) is 2.10. The highest BCUT2D eigenvalue weighted by Gasteiger charge is 1.94. The summed E-state index contributed by atoms with van der Waals surface area (Å²) in [7, 11) is 0. The molecule has 0 unspecified atom stereocenters. The van der Waals surface area contributed by atoms with E-state index in [1.54, 1.807) is 6.07 Å². The van der Waals surface area contributed by atoms with Crippen molar-refractivity contribution in [1.29, 1.82) is 0 Å². The summed E-state index contributed by atoms with van der Waals surface area (Å²) < 4.78 is 15.9. The molecule has 17 heavy (non-hydrogen) atoms. The van der Waals surface area contributed by atoms with Gasteiger partial charge < -0.3 is 19.9 Å². The van der Waals surface area contributed by atoms with Gasteiger partial charge in [-0.3, -0.25) is 0 Å². The predicted octanol–water partition coefficient (Wildman–Crippen LogP) is 1.92. The van der Waals surface area contributed by atoms with Crippen LogP contribution < -0.4 is 10.5 Å².